The summed E-state index contributed by atoms with van der Waals surface area (Å²) in [7, 11) is 0. The predicted molar refractivity (Wildman–Crippen MR) is 126 cm³/mol. The minimum absolute atomic E-state index is 0.139. The Hall–Kier alpha value is -3.16. The highest BCUT2D eigenvalue weighted by Crippen LogP contribution is 2.32. The van der Waals surface area contributed by atoms with Crippen LogP contribution in [0.3, 0.4) is 0 Å². The molecule has 0 bridgehead atoms. The van der Waals surface area contributed by atoms with Gasteiger partial charge in [-0.1, -0.05) is 18.6 Å². The molecule has 1 saturated heterocycles. The molecule has 5 heterocycles. The predicted octanol–water partition coefficient (Wildman–Crippen LogP) is 4.04. The van der Waals surface area contributed by atoms with Crippen LogP contribution in [0.2, 0.25) is 0 Å². The van der Waals surface area contributed by atoms with Crippen molar-refractivity contribution in [1.82, 2.24) is 29.2 Å². The normalized spacial score (nSPS) is 15.8. The maximum absolute atomic E-state index is 5.99. The number of piperidine rings is 1. The Morgan fingerprint density at radius 1 is 0.938 bits per heavy atom. The number of nitrogens with zero attached hydrogens (tertiary/aromatic N) is 6. The fourth-order valence-electron chi connectivity index (χ4n) is 4.62. The van der Waals surface area contributed by atoms with Gasteiger partial charge >= 0.3 is 0 Å². The van der Waals surface area contributed by atoms with Crippen LogP contribution in [0.4, 0.5) is 0 Å². The smallest absolute Gasteiger partial charge is 0.146 e. The van der Waals surface area contributed by atoms with E-state index in [9.17, 15) is 0 Å². The first-order valence-electron chi connectivity index (χ1n) is 11.4. The molecule has 1 aliphatic heterocycles. The molecule has 7 nitrogen and oxygen atoms in total. The van der Waals surface area contributed by atoms with Gasteiger partial charge in [-0.2, -0.15) is 0 Å². The Kier molecular flexibility index (Phi) is 5.92. The molecule has 0 amide bonds. The number of imidazole rings is 1. The molecule has 0 spiro atoms. The number of fused-ring (bicyclic) bond motifs is 1. The van der Waals surface area contributed by atoms with Gasteiger partial charge in [-0.05, 0) is 76.2 Å². The molecule has 1 unspecified atom stereocenters. The summed E-state index contributed by atoms with van der Waals surface area (Å²) in [6.07, 6.45) is 8.47. The SMILES string of the molecule is Cc1cccc(-c2nc3ccccn3c2-c2ccnc(C(CCN)N3CCCCC3)n2)n1. The first kappa shape index (κ1) is 20.7. The van der Waals surface area contributed by atoms with E-state index in [-0.39, 0.29) is 6.04 Å². The molecular weight excluding hydrogens is 398 g/mol. The van der Waals surface area contributed by atoms with Crippen molar-refractivity contribution in [3.8, 4) is 22.8 Å². The lowest BCUT2D eigenvalue weighted by Crippen LogP contribution is -2.35. The Morgan fingerprint density at radius 2 is 1.81 bits per heavy atom. The number of hydrogen-bond acceptors (Lipinski definition) is 6. The third-order valence-electron chi connectivity index (χ3n) is 6.15. The molecule has 7 heteroatoms. The molecule has 0 aromatic carbocycles. The summed E-state index contributed by atoms with van der Waals surface area (Å²) in [5, 5.41) is 0. The number of aryl methyl sites for hydroxylation is 1. The highest BCUT2D eigenvalue weighted by atomic mass is 15.2. The van der Waals surface area contributed by atoms with E-state index in [0.29, 0.717) is 6.54 Å². The van der Waals surface area contributed by atoms with Crippen LogP contribution in [0.1, 0.15) is 43.2 Å². The molecule has 1 fully saturated rings. The molecule has 1 aliphatic rings. The zero-order chi connectivity index (χ0) is 21.9. The van der Waals surface area contributed by atoms with E-state index in [2.05, 4.69) is 14.3 Å². The summed E-state index contributed by atoms with van der Waals surface area (Å²) < 4.78 is 2.09. The van der Waals surface area contributed by atoms with Gasteiger partial charge in [0.2, 0.25) is 0 Å². The molecule has 2 N–H and O–H groups in total. The van der Waals surface area contributed by atoms with Crippen molar-refractivity contribution in [3.05, 3.63) is 66.4 Å². The Morgan fingerprint density at radius 3 is 2.62 bits per heavy atom. The average molecular weight is 428 g/mol. The van der Waals surface area contributed by atoms with Crippen LogP contribution in [0.5, 0.6) is 0 Å². The number of likely N-dealkylation sites (tertiary alicyclic amines) is 1. The third kappa shape index (κ3) is 4.01. The topological polar surface area (TPSA) is 85.2 Å². The second kappa shape index (κ2) is 9.14. The molecule has 32 heavy (non-hydrogen) atoms. The Labute approximate surface area is 188 Å². The number of hydrogen-bond donors (Lipinski definition) is 1. The maximum atomic E-state index is 5.99. The summed E-state index contributed by atoms with van der Waals surface area (Å²) >= 11 is 0. The fourth-order valence-corrected chi connectivity index (χ4v) is 4.62. The first-order valence-corrected chi connectivity index (χ1v) is 11.4. The number of pyridine rings is 2. The Bertz CT molecular complexity index is 1210. The molecule has 4 aromatic heterocycles. The molecule has 1 atom stereocenters. The van der Waals surface area contributed by atoms with Gasteiger partial charge in [-0.15, -0.1) is 0 Å². The number of aromatic nitrogens is 5. The lowest BCUT2D eigenvalue weighted by Gasteiger charge is -2.33. The van der Waals surface area contributed by atoms with Crippen molar-refractivity contribution in [3.63, 3.8) is 0 Å². The molecule has 4 aromatic rings. The van der Waals surface area contributed by atoms with Gasteiger partial charge in [-0.25, -0.2) is 15.0 Å². The van der Waals surface area contributed by atoms with Crippen molar-refractivity contribution >= 4 is 5.65 Å². The summed E-state index contributed by atoms with van der Waals surface area (Å²) in [5.74, 6) is 0.837. The van der Waals surface area contributed by atoms with Gasteiger partial charge in [0.25, 0.3) is 0 Å². The Balaban J connectivity index is 1.63. The van der Waals surface area contributed by atoms with E-state index in [1.54, 1.807) is 0 Å². The lowest BCUT2D eigenvalue weighted by atomic mass is 10.1. The van der Waals surface area contributed by atoms with Crippen LogP contribution in [-0.2, 0) is 0 Å². The van der Waals surface area contributed by atoms with E-state index < -0.39 is 0 Å². The number of rotatable bonds is 6. The van der Waals surface area contributed by atoms with E-state index in [4.69, 9.17) is 20.7 Å². The standard InChI is InChI=1S/C25H29N7/c1-18-8-7-9-19(28-18)23-24(32-17-6-3-10-22(32)30-23)20-12-14-27-25(29-20)21(11-13-26)31-15-4-2-5-16-31/h3,6-10,12,14,17,21H,2,4-5,11,13,15-16,26H2,1H3. The van der Waals surface area contributed by atoms with E-state index in [1.165, 1.54) is 19.3 Å². The van der Waals surface area contributed by atoms with Crippen molar-refractivity contribution in [2.75, 3.05) is 19.6 Å². The zero-order valence-corrected chi connectivity index (χ0v) is 18.5. The van der Waals surface area contributed by atoms with Crippen LogP contribution < -0.4 is 5.73 Å². The van der Waals surface area contributed by atoms with E-state index in [0.717, 1.165) is 59.5 Å². The summed E-state index contributed by atoms with van der Waals surface area (Å²) in [6.45, 7) is 4.76. The molecule has 0 aliphatic carbocycles. The van der Waals surface area contributed by atoms with Crippen LogP contribution in [0, 0.1) is 6.92 Å². The third-order valence-corrected chi connectivity index (χ3v) is 6.15. The van der Waals surface area contributed by atoms with Gasteiger partial charge in [-0.3, -0.25) is 14.3 Å². The minimum Gasteiger partial charge on any atom is -0.330 e. The van der Waals surface area contributed by atoms with Crippen LogP contribution >= 0.6 is 0 Å². The second-order valence-corrected chi connectivity index (χ2v) is 8.39. The molecule has 5 rings (SSSR count). The van der Waals surface area contributed by atoms with Crippen LogP contribution in [0.25, 0.3) is 28.4 Å². The van der Waals surface area contributed by atoms with Gasteiger partial charge in [0.15, 0.2) is 0 Å². The summed E-state index contributed by atoms with van der Waals surface area (Å²) in [4.78, 5) is 21.9. The maximum Gasteiger partial charge on any atom is 0.146 e. The van der Waals surface area contributed by atoms with Crippen molar-refractivity contribution < 1.29 is 0 Å². The second-order valence-electron chi connectivity index (χ2n) is 8.39. The van der Waals surface area contributed by atoms with Crippen molar-refractivity contribution in [2.24, 2.45) is 5.73 Å². The van der Waals surface area contributed by atoms with Gasteiger partial charge < -0.3 is 5.73 Å². The minimum atomic E-state index is 0.139. The van der Waals surface area contributed by atoms with Crippen LogP contribution in [-0.4, -0.2) is 48.9 Å². The lowest BCUT2D eigenvalue weighted by molar-refractivity contribution is 0.151. The molecular formula is C25H29N7. The van der Waals surface area contributed by atoms with Crippen LogP contribution in [0.15, 0.2) is 54.9 Å². The largest absolute Gasteiger partial charge is 0.330 e. The number of nitrogens with two attached hydrogens (primary N) is 1. The van der Waals surface area contributed by atoms with Crippen molar-refractivity contribution in [2.45, 2.75) is 38.6 Å². The monoisotopic (exact) mass is 427 g/mol. The van der Waals surface area contributed by atoms with Gasteiger partial charge in [0, 0.05) is 18.1 Å². The van der Waals surface area contributed by atoms with E-state index in [1.807, 2.05) is 61.8 Å². The molecule has 0 radical (unpaired) electrons. The average Bonchev–Trinajstić information content (AvgIpc) is 3.23. The molecule has 164 valence electrons. The summed E-state index contributed by atoms with van der Waals surface area (Å²) in [6, 6.07) is 14.1. The highest BCUT2D eigenvalue weighted by Gasteiger charge is 2.25. The van der Waals surface area contributed by atoms with Crippen molar-refractivity contribution in [1.29, 1.82) is 0 Å². The quantitative estimate of drug-likeness (QED) is 0.500. The molecule has 0 saturated carbocycles. The van der Waals surface area contributed by atoms with E-state index >= 15 is 0 Å². The van der Waals surface area contributed by atoms with Gasteiger partial charge in [0.05, 0.1) is 17.4 Å². The van der Waals surface area contributed by atoms with Gasteiger partial charge in [0.1, 0.15) is 22.9 Å². The highest BCUT2D eigenvalue weighted by molar-refractivity contribution is 5.78. The summed E-state index contributed by atoms with van der Waals surface area (Å²) in [5.41, 5.74) is 11.3. The zero-order valence-electron chi connectivity index (χ0n) is 18.5. The fraction of sp³-hybridized carbons (Fsp3) is 0.360. The first-order chi connectivity index (χ1) is 15.7.